The average molecular weight is 475 g/mol. The molecule has 1 N–H and O–H groups in total. The smallest absolute Gasteiger partial charge is 0.290 e. The number of hydrogen-bond donors (Lipinski definition) is 1. The topological polar surface area (TPSA) is 70.1 Å². The lowest BCUT2D eigenvalue weighted by atomic mass is 9.93. The van der Waals surface area contributed by atoms with Crippen LogP contribution in [0.4, 0.5) is 0 Å². The zero-order chi connectivity index (χ0) is 24.8. The molecule has 184 valence electrons. The van der Waals surface area contributed by atoms with E-state index in [1.807, 2.05) is 54.6 Å². The molecule has 0 bridgehead atoms. The molecule has 0 radical (unpaired) electrons. The molecule has 1 amide bonds. The number of carbonyl (C=O) groups excluding carboxylic acids is 2. The first-order valence-electron chi connectivity index (χ1n) is 12.4. The normalized spacial score (nSPS) is 19.3. The molecule has 0 aliphatic carbocycles. The highest BCUT2D eigenvalue weighted by Gasteiger charge is 2.42. The van der Waals surface area contributed by atoms with Gasteiger partial charge >= 0.3 is 0 Å². The molecule has 6 heteroatoms. The second-order valence-electron chi connectivity index (χ2n) is 9.40. The minimum atomic E-state index is -0.610. The standard InChI is InChI=1S/C29H34N2O4/c1-21(2)23-10-12-24(13-11-23)27-26(25(32)14-9-22-7-4-3-5-8-22)28(33)29(34)31(27)16-6-15-30-17-19-35-20-18-30/h3-5,7-14,21,27,33H,6,15-20H2,1-2H3/b14-9+/t27-/m1/s1. The molecule has 2 heterocycles. The monoisotopic (exact) mass is 474 g/mol. The van der Waals surface area contributed by atoms with Gasteiger partial charge in [0.05, 0.1) is 24.8 Å². The van der Waals surface area contributed by atoms with Crippen molar-refractivity contribution in [1.29, 1.82) is 0 Å². The van der Waals surface area contributed by atoms with Crippen LogP contribution >= 0.6 is 0 Å². The molecule has 2 aromatic carbocycles. The summed E-state index contributed by atoms with van der Waals surface area (Å²) in [5, 5.41) is 10.8. The number of morpholine rings is 1. The molecular formula is C29H34N2O4. The molecule has 2 aliphatic heterocycles. The van der Waals surface area contributed by atoms with Gasteiger partial charge in [-0.15, -0.1) is 0 Å². The highest BCUT2D eigenvalue weighted by atomic mass is 16.5. The first-order chi connectivity index (χ1) is 17.0. The van der Waals surface area contributed by atoms with Crippen molar-refractivity contribution in [2.75, 3.05) is 39.4 Å². The number of aliphatic hydroxyl groups is 1. The van der Waals surface area contributed by atoms with Crippen molar-refractivity contribution in [2.45, 2.75) is 32.2 Å². The maximum absolute atomic E-state index is 13.3. The third kappa shape index (κ3) is 5.89. The van der Waals surface area contributed by atoms with Crippen molar-refractivity contribution in [3.8, 4) is 0 Å². The van der Waals surface area contributed by atoms with E-state index in [0.29, 0.717) is 12.5 Å². The molecule has 2 aromatic rings. The van der Waals surface area contributed by atoms with Crippen molar-refractivity contribution >= 4 is 17.8 Å². The Labute approximate surface area is 207 Å². The van der Waals surface area contributed by atoms with Crippen molar-refractivity contribution in [2.24, 2.45) is 0 Å². The lowest BCUT2D eigenvalue weighted by molar-refractivity contribution is -0.129. The van der Waals surface area contributed by atoms with E-state index in [2.05, 4.69) is 18.7 Å². The van der Waals surface area contributed by atoms with Gasteiger partial charge in [0.1, 0.15) is 0 Å². The molecular weight excluding hydrogens is 440 g/mol. The molecule has 4 rings (SSSR count). The summed E-state index contributed by atoms with van der Waals surface area (Å²) in [5.41, 5.74) is 3.04. The SMILES string of the molecule is CC(C)c1ccc([C@@H]2C(C(=O)/C=C/c3ccccc3)=C(O)C(=O)N2CCCN2CCOCC2)cc1. The van der Waals surface area contributed by atoms with Crippen LogP contribution in [0.2, 0.25) is 0 Å². The maximum atomic E-state index is 13.3. The molecule has 1 saturated heterocycles. The van der Waals surface area contributed by atoms with Crippen molar-refractivity contribution in [3.05, 3.63) is 88.7 Å². The van der Waals surface area contributed by atoms with Gasteiger partial charge in [-0.05, 0) is 35.1 Å². The van der Waals surface area contributed by atoms with E-state index in [-0.39, 0.29) is 11.4 Å². The Hall–Kier alpha value is -3.22. The zero-order valence-electron chi connectivity index (χ0n) is 20.5. The second-order valence-corrected chi connectivity index (χ2v) is 9.40. The number of allylic oxidation sites excluding steroid dienone is 1. The van der Waals surface area contributed by atoms with Crippen molar-refractivity contribution < 1.29 is 19.4 Å². The molecule has 6 nitrogen and oxygen atoms in total. The summed E-state index contributed by atoms with van der Waals surface area (Å²) in [6.45, 7) is 8.75. The van der Waals surface area contributed by atoms with Crippen LogP contribution in [0.25, 0.3) is 6.08 Å². The molecule has 0 spiro atoms. The number of ether oxygens (including phenoxy) is 1. The second kappa shape index (κ2) is 11.5. The van der Waals surface area contributed by atoms with E-state index in [4.69, 9.17) is 4.74 Å². The summed E-state index contributed by atoms with van der Waals surface area (Å²) < 4.78 is 5.42. The van der Waals surface area contributed by atoms with Gasteiger partial charge in [0.25, 0.3) is 5.91 Å². The molecule has 2 aliphatic rings. The van der Waals surface area contributed by atoms with Crippen LogP contribution in [0.5, 0.6) is 0 Å². The largest absolute Gasteiger partial charge is 0.503 e. The first-order valence-corrected chi connectivity index (χ1v) is 12.4. The number of rotatable bonds is 9. The predicted octanol–water partition coefficient (Wildman–Crippen LogP) is 4.51. The Balaban J connectivity index is 1.58. The third-order valence-electron chi connectivity index (χ3n) is 6.69. The fourth-order valence-electron chi connectivity index (χ4n) is 4.66. The summed E-state index contributed by atoms with van der Waals surface area (Å²) >= 11 is 0. The van der Waals surface area contributed by atoms with Gasteiger partial charge in [0.15, 0.2) is 11.5 Å². The van der Waals surface area contributed by atoms with E-state index in [0.717, 1.165) is 50.4 Å². The Bertz CT molecular complexity index is 1080. The van der Waals surface area contributed by atoms with E-state index >= 15 is 0 Å². The minimum Gasteiger partial charge on any atom is -0.503 e. The quantitative estimate of drug-likeness (QED) is 0.542. The van der Waals surface area contributed by atoms with E-state index in [1.54, 1.807) is 11.0 Å². The summed E-state index contributed by atoms with van der Waals surface area (Å²) in [4.78, 5) is 30.4. The van der Waals surface area contributed by atoms with E-state index in [9.17, 15) is 14.7 Å². The molecule has 0 unspecified atom stereocenters. The van der Waals surface area contributed by atoms with Crippen molar-refractivity contribution in [1.82, 2.24) is 9.80 Å². The molecule has 1 fully saturated rings. The molecule has 1 atom stereocenters. The fourth-order valence-corrected chi connectivity index (χ4v) is 4.66. The molecule has 0 saturated carbocycles. The maximum Gasteiger partial charge on any atom is 0.290 e. The Morgan fingerprint density at radius 2 is 1.74 bits per heavy atom. The third-order valence-corrected chi connectivity index (χ3v) is 6.69. The summed E-state index contributed by atoms with van der Waals surface area (Å²) in [7, 11) is 0. The minimum absolute atomic E-state index is 0.144. The molecule has 0 aromatic heterocycles. The van der Waals surface area contributed by atoms with Crippen LogP contribution in [0, 0.1) is 0 Å². The highest BCUT2D eigenvalue weighted by molar-refractivity contribution is 6.14. The van der Waals surface area contributed by atoms with E-state index < -0.39 is 17.7 Å². The van der Waals surface area contributed by atoms with Gasteiger partial charge in [-0.2, -0.15) is 0 Å². The summed E-state index contributed by atoms with van der Waals surface area (Å²) in [6, 6.07) is 16.9. The number of carbonyl (C=O) groups is 2. The summed E-state index contributed by atoms with van der Waals surface area (Å²) in [5.74, 6) is -0.913. The fraction of sp³-hybridized carbons (Fsp3) is 0.379. The lowest BCUT2D eigenvalue weighted by Gasteiger charge is -2.30. The predicted molar refractivity (Wildman–Crippen MR) is 137 cm³/mol. The Morgan fingerprint density at radius 1 is 1.06 bits per heavy atom. The number of benzene rings is 2. The van der Waals surface area contributed by atoms with Crippen molar-refractivity contribution in [3.63, 3.8) is 0 Å². The highest BCUT2D eigenvalue weighted by Crippen LogP contribution is 2.38. The number of nitrogens with zero attached hydrogens (tertiary/aromatic N) is 2. The number of hydrogen-bond acceptors (Lipinski definition) is 5. The van der Waals surface area contributed by atoms with Gasteiger partial charge in [-0.25, -0.2) is 0 Å². The van der Waals surface area contributed by atoms with Gasteiger partial charge in [0.2, 0.25) is 0 Å². The Morgan fingerprint density at radius 3 is 2.40 bits per heavy atom. The first kappa shape index (κ1) is 24.9. The van der Waals surface area contributed by atoms with Crippen LogP contribution in [0.15, 0.2) is 72.0 Å². The molecule has 35 heavy (non-hydrogen) atoms. The van der Waals surface area contributed by atoms with E-state index in [1.165, 1.54) is 11.6 Å². The van der Waals surface area contributed by atoms with Crippen LogP contribution in [-0.4, -0.2) is 66.0 Å². The lowest BCUT2D eigenvalue weighted by Crippen LogP contribution is -2.39. The average Bonchev–Trinajstić information content (AvgIpc) is 3.13. The van der Waals surface area contributed by atoms with Gasteiger partial charge in [-0.3, -0.25) is 14.5 Å². The van der Waals surface area contributed by atoms with Crippen LogP contribution in [-0.2, 0) is 14.3 Å². The summed E-state index contributed by atoms with van der Waals surface area (Å²) in [6.07, 6.45) is 3.91. The number of amides is 1. The van der Waals surface area contributed by atoms with Crippen LogP contribution in [0.1, 0.15) is 48.9 Å². The number of aliphatic hydroxyl groups excluding tert-OH is 1. The Kier molecular flexibility index (Phi) is 8.16. The van der Waals surface area contributed by atoms with Gasteiger partial charge in [0, 0.05) is 26.2 Å². The van der Waals surface area contributed by atoms with Gasteiger partial charge < -0.3 is 14.7 Å². The zero-order valence-corrected chi connectivity index (χ0v) is 20.5. The van der Waals surface area contributed by atoms with Gasteiger partial charge in [-0.1, -0.05) is 74.5 Å². The van der Waals surface area contributed by atoms with Crippen LogP contribution in [0.3, 0.4) is 0 Å². The number of ketones is 1. The van der Waals surface area contributed by atoms with Crippen LogP contribution < -0.4 is 0 Å².